The number of sulfonamides is 1. The van der Waals surface area contributed by atoms with Gasteiger partial charge in [0, 0.05) is 18.2 Å². The molecule has 0 unspecified atom stereocenters. The van der Waals surface area contributed by atoms with E-state index in [4.69, 9.17) is 0 Å². The van der Waals surface area contributed by atoms with Gasteiger partial charge in [-0.15, -0.1) is 0 Å². The summed E-state index contributed by atoms with van der Waals surface area (Å²) in [6.45, 7) is 2.33. The Labute approximate surface area is 171 Å². The molecule has 0 aliphatic carbocycles. The molecule has 0 fully saturated rings. The number of nitrogens with zero attached hydrogens (tertiary/aromatic N) is 1. The van der Waals surface area contributed by atoms with Gasteiger partial charge in [0.05, 0.1) is 10.6 Å². The average molecular weight is 407 g/mol. The first-order chi connectivity index (χ1) is 14.0. The summed E-state index contributed by atoms with van der Waals surface area (Å²) in [5.41, 5.74) is 3.06. The number of carbonyl (C=O) groups excluding carboxylic acids is 1. The molecule has 0 radical (unpaired) electrons. The van der Waals surface area contributed by atoms with Crippen molar-refractivity contribution in [3.05, 3.63) is 95.6 Å². The molecule has 1 aliphatic rings. The third kappa shape index (κ3) is 3.76. The number of carbonyl (C=O) groups is 1. The molecule has 0 aromatic heterocycles. The van der Waals surface area contributed by atoms with Crippen molar-refractivity contribution in [2.75, 3.05) is 4.31 Å². The third-order valence-electron chi connectivity index (χ3n) is 5.09. The van der Waals surface area contributed by atoms with Crippen molar-refractivity contribution >= 4 is 21.6 Å². The van der Waals surface area contributed by atoms with E-state index in [-0.39, 0.29) is 16.8 Å². The minimum atomic E-state index is -3.65. The van der Waals surface area contributed by atoms with E-state index in [0.717, 1.165) is 11.1 Å². The lowest BCUT2D eigenvalue weighted by molar-refractivity contribution is 0.0951. The van der Waals surface area contributed by atoms with Crippen LogP contribution < -0.4 is 9.62 Å². The van der Waals surface area contributed by atoms with Gasteiger partial charge in [-0.2, -0.15) is 0 Å². The molecule has 4 rings (SSSR count). The van der Waals surface area contributed by atoms with Crippen LogP contribution in [-0.2, 0) is 23.0 Å². The summed E-state index contributed by atoms with van der Waals surface area (Å²) in [5.74, 6) is -0.173. The lowest BCUT2D eigenvalue weighted by Gasteiger charge is -2.24. The molecule has 1 amide bonds. The molecule has 0 bridgehead atoms. The van der Waals surface area contributed by atoms with Gasteiger partial charge >= 0.3 is 0 Å². The van der Waals surface area contributed by atoms with Crippen LogP contribution in [0.15, 0.2) is 83.8 Å². The lowest BCUT2D eigenvalue weighted by atomic mass is 10.1. The fourth-order valence-corrected chi connectivity index (χ4v) is 5.41. The van der Waals surface area contributed by atoms with Gasteiger partial charge in [0.25, 0.3) is 15.9 Å². The normalized spacial score (nSPS) is 15.8. The highest BCUT2D eigenvalue weighted by Crippen LogP contribution is 2.37. The molecule has 0 saturated carbocycles. The Bertz CT molecular complexity index is 1130. The predicted molar refractivity (Wildman–Crippen MR) is 113 cm³/mol. The fraction of sp³-hybridized carbons (Fsp3) is 0.174. The molecule has 1 aliphatic heterocycles. The Kier molecular flexibility index (Phi) is 5.11. The second-order valence-corrected chi connectivity index (χ2v) is 8.99. The minimum Gasteiger partial charge on any atom is -0.348 e. The number of hydrogen-bond donors (Lipinski definition) is 1. The molecular formula is C23H22N2O3S. The summed E-state index contributed by atoms with van der Waals surface area (Å²) in [4.78, 5) is 12.8. The van der Waals surface area contributed by atoms with Crippen LogP contribution in [0.3, 0.4) is 0 Å². The molecule has 1 atom stereocenters. The van der Waals surface area contributed by atoms with Crippen LogP contribution >= 0.6 is 0 Å². The number of nitrogens with one attached hydrogen (secondary N) is 1. The topological polar surface area (TPSA) is 66.5 Å². The number of hydrogen-bond acceptors (Lipinski definition) is 3. The average Bonchev–Trinajstić information content (AvgIpc) is 3.09. The molecule has 29 heavy (non-hydrogen) atoms. The number of amides is 1. The summed E-state index contributed by atoms with van der Waals surface area (Å²) < 4.78 is 27.7. The largest absolute Gasteiger partial charge is 0.348 e. The lowest BCUT2D eigenvalue weighted by Crippen LogP contribution is -2.35. The van der Waals surface area contributed by atoms with Gasteiger partial charge in [-0.3, -0.25) is 9.10 Å². The number of anilines is 1. The number of fused-ring (bicyclic) bond motifs is 1. The van der Waals surface area contributed by atoms with Crippen LogP contribution in [0.25, 0.3) is 0 Å². The Hall–Kier alpha value is -3.12. The van der Waals surface area contributed by atoms with Gasteiger partial charge in [0.15, 0.2) is 0 Å². The number of rotatable bonds is 5. The quantitative estimate of drug-likeness (QED) is 0.702. The first-order valence-electron chi connectivity index (χ1n) is 9.51. The molecule has 1 heterocycles. The first kappa shape index (κ1) is 19.2. The van der Waals surface area contributed by atoms with Crippen molar-refractivity contribution < 1.29 is 13.2 Å². The van der Waals surface area contributed by atoms with E-state index in [1.807, 2.05) is 37.3 Å². The summed E-state index contributed by atoms with van der Waals surface area (Å²) in [6.07, 6.45) is 0.571. The highest BCUT2D eigenvalue weighted by atomic mass is 32.2. The van der Waals surface area contributed by atoms with E-state index < -0.39 is 10.0 Å². The molecule has 0 saturated heterocycles. The Balaban J connectivity index is 1.57. The van der Waals surface area contributed by atoms with E-state index in [1.54, 1.807) is 48.5 Å². The molecule has 3 aromatic rings. The van der Waals surface area contributed by atoms with E-state index in [2.05, 4.69) is 5.32 Å². The summed E-state index contributed by atoms with van der Waals surface area (Å²) in [5, 5.41) is 2.91. The van der Waals surface area contributed by atoms with Crippen LogP contribution in [0.5, 0.6) is 0 Å². The van der Waals surface area contributed by atoms with Crippen LogP contribution in [0.1, 0.15) is 28.4 Å². The standard InChI is InChI=1S/C23H22N2O3S/c1-17-14-20-15-19(23(26)24-16-18-8-4-2-5-9-18)12-13-22(20)25(17)29(27,28)21-10-6-3-7-11-21/h2-13,15,17H,14,16H2,1H3,(H,24,26)/t17-/m0/s1. The van der Waals surface area contributed by atoms with E-state index in [0.29, 0.717) is 24.2 Å². The van der Waals surface area contributed by atoms with Gasteiger partial charge in [-0.1, -0.05) is 48.5 Å². The molecule has 6 heteroatoms. The van der Waals surface area contributed by atoms with E-state index in [1.165, 1.54) is 4.31 Å². The SMILES string of the molecule is C[C@H]1Cc2cc(C(=O)NCc3ccccc3)ccc2N1S(=O)(=O)c1ccccc1. The molecule has 1 N–H and O–H groups in total. The zero-order valence-corrected chi connectivity index (χ0v) is 16.9. The highest BCUT2D eigenvalue weighted by Gasteiger charge is 2.36. The van der Waals surface area contributed by atoms with E-state index in [9.17, 15) is 13.2 Å². The third-order valence-corrected chi connectivity index (χ3v) is 7.03. The van der Waals surface area contributed by atoms with Gasteiger partial charge < -0.3 is 5.32 Å². The van der Waals surface area contributed by atoms with Gasteiger partial charge in [-0.05, 0) is 54.8 Å². The second kappa shape index (κ2) is 7.72. The summed E-state index contributed by atoms with van der Waals surface area (Å²) in [6, 6.07) is 23.1. The summed E-state index contributed by atoms with van der Waals surface area (Å²) >= 11 is 0. The summed E-state index contributed by atoms with van der Waals surface area (Å²) in [7, 11) is -3.65. The Morgan fingerprint density at radius 2 is 1.66 bits per heavy atom. The van der Waals surface area contributed by atoms with Gasteiger partial charge in [0.2, 0.25) is 0 Å². The minimum absolute atomic E-state index is 0.173. The Morgan fingerprint density at radius 3 is 2.34 bits per heavy atom. The predicted octanol–water partition coefficient (Wildman–Crippen LogP) is 3.76. The van der Waals surface area contributed by atoms with Crippen LogP contribution in [0, 0.1) is 0 Å². The van der Waals surface area contributed by atoms with Crippen LogP contribution in [0.2, 0.25) is 0 Å². The van der Waals surface area contributed by atoms with Crippen LogP contribution in [0.4, 0.5) is 5.69 Å². The van der Waals surface area contributed by atoms with E-state index >= 15 is 0 Å². The van der Waals surface area contributed by atoms with Crippen molar-refractivity contribution in [1.29, 1.82) is 0 Å². The molecule has 0 spiro atoms. The highest BCUT2D eigenvalue weighted by molar-refractivity contribution is 7.92. The van der Waals surface area contributed by atoms with Gasteiger partial charge in [-0.25, -0.2) is 8.42 Å². The smallest absolute Gasteiger partial charge is 0.264 e. The van der Waals surface area contributed by atoms with Gasteiger partial charge in [0.1, 0.15) is 0 Å². The molecular weight excluding hydrogens is 384 g/mol. The zero-order chi connectivity index (χ0) is 20.4. The van der Waals surface area contributed by atoms with Crippen molar-refractivity contribution in [2.24, 2.45) is 0 Å². The number of benzene rings is 3. The molecule has 148 valence electrons. The second-order valence-electron chi connectivity index (χ2n) is 7.18. The van der Waals surface area contributed by atoms with Crippen molar-refractivity contribution in [2.45, 2.75) is 30.8 Å². The Morgan fingerprint density at radius 1 is 1.00 bits per heavy atom. The maximum Gasteiger partial charge on any atom is 0.264 e. The fourth-order valence-electron chi connectivity index (χ4n) is 3.70. The maximum atomic E-state index is 13.1. The monoisotopic (exact) mass is 406 g/mol. The van der Waals surface area contributed by atoms with Crippen LogP contribution in [-0.4, -0.2) is 20.4 Å². The van der Waals surface area contributed by atoms with Crippen molar-refractivity contribution in [3.63, 3.8) is 0 Å². The van der Waals surface area contributed by atoms with Crippen molar-refractivity contribution in [1.82, 2.24) is 5.32 Å². The first-order valence-corrected chi connectivity index (χ1v) is 11.0. The maximum absolute atomic E-state index is 13.1. The van der Waals surface area contributed by atoms with Crippen molar-refractivity contribution in [3.8, 4) is 0 Å². The zero-order valence-electron chi connectivity index (χ0n) is 16.1. The molecule has 3 aromatic carbocycles. The molecule has 5 nitrogen and oxygen atoms in total.